The van der Waals surface area contributed by atoms with Gasteiger partial charge in [-0.2, -0.15) is 0 Å². The molecule has 0 N–H and O–H groups in total. The monoisotopic (exact) mass is 469 g/mol. The Kier molecular flexibility index (Phi) is 9.21. The second-order valence-electron chi connectivity index (χ2n) is 8.63. The van der Waals surface area contributed by atoms with Crippen LogP contribution < -0.4 is 9.64 Å². The van der Waals surface area contributed by atoms with E-state index in [1.807, 2.05) is 55.1 Å². The summed E-state index contributed by atoms with van der Waals surface area (Å²) in [5.41, 5.74) is 1.77. The number of aromatic nitrogens is 2. The predicted octanol–water partition coefficient (Wildman–Crippen LogP) is 2.32. The fourth-order valence-electron chi connectivity index (χ4n) is 3.90. The molecule has 9 nitrogen and oxygen atoms in total. The summed E-state index contributed by atoms with van der Waals surface area (Å²) < 4.78 is 10.3. The normalized spacial score (nSPS) is 14.1. The number of amides is 2. The van der Waals surface area contributed by atoms with Gasteiger partial charge < -0.3 is 24.2 Å². The fraction of sp³-hybridized carbons (Fsp3) is 0.520. The molecule has 1 fully saturated rings. The van der Waals surface area contributed by atoms with Gasteiger partial charge in [0.15, 0.2) is 5.82 Å². The van der Waals surface area contributed by atoms with Gasteiger partial charge in [0, 0.05) is 51.3 Å². The minimum Gasteiger partial charge on any atom is -0.497 e. The van der Waals surface area contributed by atoms with E-state index in [0.717, 1.165) is 35.8 Å². The second kappa shape index (κ2) is 12.3. The van der Waals surface area contributed by atoms with E-state index in [1.54, 1.807) is 19.1 Å². The largest absolute Gasteiger partial charge is 0.497 e. The van der Waals surface area contributed by atoms with Crippen LogP contribution in [0.15, 0.2) is 36.4 Å². The molecule has 0 unspecified atom stereocenters. The summed E-state index contributed by atoms with van der Waals surface area (Å²) in [4.78, 5) is 31.1. The molecule has 1 aliphatic rings. The van der Waals surface area contributed by atoms with Crippen LogP contribution in [-0.4, -0.2) is 91.9 Å². The van der Waals surface area contributed by atoms with Crippen LogP contribution >= 0.6 is 0 Å². The molecule has 0 spiro atoms. The molecule has 184 valence electrons. The van der Waals surface area contributed by atoms with Gasteiger partial charge in [0.05, 0.1) is 26.0 Å². The van der Waals surface area contributed by atoms with Crippen molar-refractivity contribution >= 4 is 17.6 Å². The van der Waals surface area contributed by atoms with Gasteiger partial charge in [0.1, 0.15) is 5.75 Å². The third-order valence-electron chi connectivity index (χ3n) is 5.91. The lowest BCUT2D eigenvalue weighted by atomic mass is 10.1. The summed E-state index contributed by atoms with van der Waals surface area (Å²) in [6, 6.07) is 11.6. The summed E-state index contributed by atoms with van der Waals surface area (Å²) in [5.74, 6) is 1.36. The van der Waals surface area contributed by atoms with Gasteiger partial charge >= 0.3 is 0 Å². The quantitative estimate of drug-likeness (QED) is 0.557. The van der Waals surface area contributed by atoms with Gasteiger partial charge in [-0.15, -0.1) is 10.2 Å². The zero-order chi connectivity index (χ0) is 24.5. The van der Waals surface area contributed by atoms with Crippen LogP contribution in [0.25, 0.3) is 11.3 Å². The van der Waals surface area contributed by atoms with Gasteiger partial charge in [-0.3, -0.25) is 9.59 Å². The molecule has 1 saturated heterocycles. The zero-order valence-electron chi connectivity index (χ0n) is 20.6. The number of benzene rings is 1. The van der Waals surface area contributed by atoms with Crippen LogP contribution in [0.1, 0.15) is 20.3 Å². The van der Waals surface area contributed by atoms with Crippen LogP contribution in [-0.2, 0) is 14.3 Å². The van der Waals surface area contributed by atoms with Gasteiger partial charge in [0.25, 0.3) is 0 Å². The topological polar surface area (TPSA) is 88.1 Å². The number of carbonyl (C=O) groups excluding carboxylic acids is 2. The molecular weight excluding hydrogens is 434 g/mol. The first-order chi connectivity index (χ1) is 16.4. The van der Waals surface area contributed by atoms with Crippen molar-refractivity contribution in [1.82, 2.24) is 20.0 Å². The predicted molar refractivity (Wildman–Crippen MR) is 131 cm³/mol. The Hall–Kier alpha value is -3.20. The third kappa shape index (κ3) is 6.66. The Balaban J connectivity index is 1.59. The SMILES string of the molecule is COCCN(CC(=O)N1CCCN(c2ccc(-c3ccc(OC)cc3)nn2)CC1)C(=O)C(C)C. The standard InChI is InChI=1S/C25H35N5O4/c1-19(2)25(32)30(16-17-33-3)18-24(31)29-13-5-12-28(14-15-29)23-11-10-22(26-27-23)20-6-8-21(34-4)9-7-20/h6-11,19H,5,12-18H2,1-4H3. The maximum Gasteiger partial charge on any atom is 0.242 e. The van der Waals surface area contributed by atoms with E-state index in [4.69, 9.17) is 9.47 Å². The Morgan fingerprint density at radius 1 is 1.00 bits per heavy atom. The average Bonchev–Trinajstić information content (AvgIpc) is 3.12. The van der Waals surface area contributed by atoms with Crippen molar-refractivity contribution in [3.8, 4) is 17.0 Å². The molecule has 2 amide bonds. The Morgan fingerprint density at radius 3 is 2.38 bits per heavy atom. The molecule has 2 aromatic rings. The smallest absolute Gasteiger partial charge is 0.242 e. The van der Waals surface area contributed by atoms with Crippen molar-refractivity contribution in [3.05, 3.63) is 36.4 Å². The van der Waals surface area contributed by atoms with E-state index >= 15 is 0 Å². The lowest BCUT2D eigenvalue weighted by Gasteiger charge is -2.28. The number of ether oxygens (including phenoxy) is 2. The van der Waals surface area contributed by atoms with Gasteiger partial charge in [-0.1, -0.05) is 13.8 Å². The summed E-state index contributed by atoms with van der Waals surface area (Å²) in [6.07, 6.45) is 0.823. The van der Waals surface area contributed by atoms with Crippen molar-refractivity contribution in [3.63, 3.8) is 0 Å². The summed E-state index contributed by atoms with van der Waals surface area (Å²) in [6.45, 7) is 7.28. The van der Waals surface area contributed by atoms with Gasteiger partial charge in [0.2, 0.25) is 11.8 Å². The Morgan fingerprint density at radius 2 is 1.76 bits per heavy atom. The Labute approximate surface area is 201 Å². The highest BCUT2D eigenvalue weighted by atomic mass is 16.5. The van der Waals surface area contributed by atoms with E-state index in [9.17, 15) is 9.59 Å². The van der Waals surface area contributed by atoms with Crippen molar-refractivity contribution in [2.45, 2.75) is 20.3 Å². The number of hydrogen-bond acceptors (Lipinski definition) is 7. The lowest BCUT2D eigenvalue weighted by molar-refractivity contribution is -0.142. The average molecular weight is 470 g/mol. The summed E-state index contributed by atoms with van der Waals surface area (Å²) in [7, 11) is 3.23. The summed E-state index contributed by atoms with van der Waals surface area (Å²) >= 11 is 0. The molecule has 2 heterocycles. The molecule has 1 aromatic carbocycles. The zero-order valence-corrected chi connectivity index (χ0v) is 20.6. The van der Waals surface area contributed by atoms with Crippen LogP contribution in [0.3, 0.4) is 0 Å². The maximum atomic E-state index is 13.0. The molecular formula is C25H35N5O4. The highest BCUT2D eigenvalue weighted by molar-refractivity contribution is 5.85. The summed E-state index contributed by atoms with van der Waals surface area (Å²) in [5, 5.41) is 8.83. The molecule has 1 aliphatic heterocycles. The molecule has 0 aliphatic carbocycles. The van der Waals surface area contributed by atoms with Crippen LogP contribution in [0.5, 0.6) is 5.75 Å². The molecule has 34 heavy (non-hydrogen) atoms. The molecule has 0 bridgehead atoms. The molecule has 0 saturated carbocycles. The minimum atomic E-state index is -0.163. The minimum absolute atomic E-state index is 0.0333. The fourth-order valence-corrected chi connectivity index (χ4v) is 3.90. The van der Waals surface area contributed by atoms with Crippen LogP contribution in [0, 0.1) is 5.92 Å². The molecule has 3 rings (SSSR count). The van der Waals surface area contributed by atoms with E-state index in [2.05, 4.69) is 15.1 Å². The molecule has 9 heteroatoms. The van der Waals surface area contributed by atoms with Crippen molar-refractivity contribution < 1.29 is 19.1 Å². The van der Waals surface area contributed by atoms with E-state index in [0.29, 0.717) is 32.8 Å². The van der Waals surface area contributed by atoms with E-state index in [-0.39, 0.29) is 24.3 Å². The first kappa shape index (κ1) is 25.4. The first-order valence-corrected chi connectivity index (χ1v) is 11.7. The second-order valence-corrected chi connectivity index (χ2v) is 8.63. The number of hydrogen-bond donors (Lipinski definition) is 0. The van der Waals surface area contributed by atoms with Gasteiger partial charge in [-0.25, -0.2) is 0 Å². The number of rotatable bonds is 9. The first-order valence-electron chi connectivity index (χ1n) is 11.7. The van der Waals surface area contributed by atoms with Crippen LogP contribution in [0.4, 0.5) is 5.82 Å². The number of methoxy groups -OCH3 is 2. The van der Waals surface area contributed by atoms with Crippen molar-refractivity contribution in [2.75, 3.05) is 65.0 Å². The number of anilines is 1. The highest BCUT2D eigenvalue weighted by Crippen LogP contribution is 2.22. The molecule has 0 atom stereocenters. The molecule has 0 radical (unpaired) electrons. The lowest BCUT2D eigenvalue weighted by Crippen LogP contribution is -2.46. The maximum absolute atomic E-state index is 13.0. The Bertz CT molecular complexity index is 933. The molecule has 1 aromatic heterocycles. The third-order valence-corrected chi connectivity index (χ3v) is 5.91. The number of nitrogens with zero attached hydrogens (tertiary/aromatic N) is 5. The van der Waals surface area contributed by atoms with E-state index < -0.39 is 0 Å². The van der Waals surface area contributed by atoms with Gasteiger partial charge in [-0.05, 0) is 42.8 Å². The van der Waals surface area contributed by atoms with E-state index in [1.165, 1.54) is 0 Å². The number of carbonyl (C=O) groups is 2. The van der Waals surface area contributed by atoms with Crippen LogP contribution in [0.2, 0.25) is 0 Å². The van der Waals surface area contributed by atoms with Crippen molar-refractivity contribution in [2.24, 2.45) is 5.92 Å². The highest BCUT2D eigenvalue weighted by Gasteiger charge is 2.25. The van der Waals surface area contributed by atoms with Crippen molar-refractivity contribution in [1.29, 1.82) is 0 Å².